The van der Waals surface area contributed by atoms with Gasteiger partial charge in [0.15, 0.2) is 0 Å². The Labute approximate surface area is 125 Å². The first-order chi connectivity index (χ1) is 9.78. The van der Waals surface area contributed by atoms with Gasteiger partial charge in [-0.3, -0.25) is 0 Å². The van der Waals surface area contributed by atoms with Gasteiger partial charge in [0, 0.05) is 17.6 Å². The van der Waals surface area contributed by atoms with Gasteiger partial charge in [0.2, 0.25) is 0 Å². The van der Waals surface area contributed by atoms with E-state index in [9.17, 15) is 0 Å². The van der Waals surface area contributed by atoms with Crippen LogP contribution in [0, 0.1) is 12.8 Å². The molecule has 1 aromatic heterocycles. The number of thiazole rings is 1. The van der Waals surface area contributed by atoms with Crippen LogP contribution in [0.2, 0.25) is 0 Å². The summed E-state index contributed by atoms with van der Waals surface area (Å²) >= 11 is 1.75. The second kappa shape index (κ2) is 6.06. The maximum absolute atomic E-state index is 4.48. The van der Waals surface area contributed by atoms with Gasteiger partial charge >= 0.3 is 0 Å². The molecular formula is C17H22N2S. The van der Waals surface area contributed by atoms with Crippen LogP contribution in [0.5, 0.6) is 0 Å². The number of hydrogen-bond donors (Lipinski definition) is 1. The summed E-state index contributed by atoms with van der Waals surface area (Å²) in [5.41, 5.74) is 2.75. The van der Waals surface area contributed by atoms with Crippen LogP contribution in [-0.2, 0) is 0 Å². The SMILES string of the molecule is CCC(NC(c1ccc(C)cc1)C1CC1)c1nccs1. The Morgan fingerprint density at radius 2 is 2.05 bits per heavy atom. The lowest BCUT2D eigenvalue weighted by molar-refractivity contribution is 0.401. The Kier molecular flexibility index (Phi) is 4.18. The highest BCUT2D eigenvalue weighted by Gasteiger charge is 2.33. The minimum atomic E-state index is 0.377. The molecule has 0 radical (unpaired) electrons. The number of aromatic nitrogens is 1. The molecule has 0 amide bonds. The minimum Gasteiger partial charge on any atom is -0.301 e. The highest BCUT2D eigenvalue weighted by Crippen LogP contribution is 2.42. The molecule has 2 unspecified atom stereocenters. The smallest absolute Gasteiger partial charge is 0.109 e. The molecule has 1 aliphatic carbocycles. The van der Waals surface area contributed by atoms with Crippen molar-refractivity contribution in [3.05, 3.63) is 52.0 Å². The number of nitrogens with zero attached hydrogens (tertiary/aromatic N) is 1. The van der Waals surface area contributed by atoms with Crippen molar-refractivity contribution in [2.45, 2.75) is 45.2 Å². The molecule has 2 nitrogen and oxygen atoms in total. The number of nitrogens with one attached hydrogen (secondary N) is 1. The lowest BCUT2D eigenvalue weighted by Gasteiger charge is -2.24. The fourth-order valence-corrected chi connectivity index (χ4v) is 3.48. The summed E-state index contributed by atoms with van der Waals surface area (Å²) in [7, 11) is 0. The highest BCUT2D eigenvalue weighted by atomic mass is 32.1. The molecule has 20 heavy (non-hydrogen) atoms. The first-order valence-electron chi connectivity index (χ1n) is 7.50. The van der Waals surface area contributed by atoms with Crippen molar-refractivity contribution in [2.75, 3.05) is 0 Å². The van der Waals surface area contributed by atoms with Crippen molar-refractivity contribution < 1.29 is 0 Å². The zero-order chi connectivity index (χ0) is 13.9. The van der Waals surface area contributed by atoms with Crippen molar-refractivity contribution in [3.8, 4) is 0 Å². The van der Waals surface area contributed by atoms with Crippen molar-refractivity contribution in [3.63, 3.8) is 0 Å². The molecule has 1 aliphatic rings. The van der Waals surface area contributed by atoms with Gasteiger partial charge in [-0.25, -0.2) is 4.98 Å². The van der Waals surface area contributed by atoms with Crippen LogP contribution in [0.25, 0.3) is 0 Å². The molecule has 0 saturated heterocycles. The van der Waals surface area contributed by atoms with Crippen LogP contribution in [0.4, 0.5) is 0 Å². The van der Waals surface area contributed by atoms with Crippen LogP contribution in [-0.4, -0.2) is 4.98 Å². The van der Waals surface area contributed by atoms with Crippen LogP contribution in [0.3, 0.4) is 0 Å². The molecule has 1 fully saturated rings. The van der Waals surface area contributed by atoms with E-state index in [1.807, 2.05) is 6.20 Å². The third-order valence-electron chi connectivity index (χ3n) is 4.07. The molecule has 106 valence electrons. The van der Waals surface area contributed by atoms with E-state index in [2.05, 4.69) is 53.8 Å². The lowest BCUT2D eigenvalue weighted by atomic mass is 9.99. The minimum absolute atomic E-state index is 0.377. The van der Waals surface area contributed by atoms with Gasteiger partial charge in [-0.15, -0.1) is 11.3 Å². The third kappa shape index (κ3) is 3.10. The zero-order valence-corrected chi connectivity index (χ0v) is 13.0. The molecule has 1 saturated carbocycles. The highest BCUT2D eigenvalue weighted by molar-refractivity contribution is 7.09. The molecule has 2 atom stereocenters. The molecule has 1 aromatic carbocycles. The molecule has 0 spiro atoms. The normalized spacial score (nSPS) is 17.9. The van der Waals surface area contributed by atoms with Crippen molar-refractivity contribution in [1.29, 1.82) is 0 Å². The average molecular weight is 286 g/mol. The van der Waals surface area contributed by atoms with Gasteiger partial charge < -0.3 is 5.32 Å². The maximum Gasteiger partial charge on any atom is 0.109 e. The molecule has 3 heteroatoms. The summed E-state index contributed by atoms with van der Waals surface area (Å²) in [5.74, 6) is 0.798. The topological polar surface area (TPSA) is 24.9 Å². The van der Waals surface area contributed by atoms with E-state index in [0.29, 0.717) is 12.1 Å². The van der Waals surface area contributed by atoms with E-state index in [1.54, 1.807) is 11.3 Å². The Hall–Kier alpha value is -1.19. The van der Waals surface area contributed by atoms with E-state index >= 15 is 0 Å². The molecule has 2 aromatic rings. The molecule has 0 bridgehead atoms. The van der Waals surface area contributed by atoms with Crippen LogP contribution >= 0.6 is 11.3 Å². The van der Waals surface area contributed by atoms with E-state index in [4.69, 9.17) is 0 Å². The van der Waals surface area contributed by atoms with E-state index < -0.39 is 0 Å². The summed E-state index contributed by atoms with van der Waals surface area (Å²) in [6.07, 6.45) is 5.69. The van der Waals surface area contributed by atoms with Gasteiger partial charge in [-0.05, 0) is 37.7 Å². The predicted molar refractivity (Wildman–Crippen MR) is 84.9 cm³/mol. The summed E-state index contributed by atoms with van der Waals surface area (Å²) in [6, 6.07) is 9.85. The maximum atomic E-state index is 4.48. The average Bonchev–Trinajstić information content (AvgIpc) is 3.16. The first-order valence-corrected chi connectivity index (χ1v) is 8.38. The Balaban J connectivity index is 1.79. The van der Waals surface area contributed by atoms with Crippen molar-refractivity contribution in [1.82, 2.24) is 10.3 Å². The molecule has 3 rings (SSSR count). The Morgan fingerprint density at radius 1 is 1.30 bits per heavy atom. The largest absolute Gasteiger partial charge is 0.301 e. The van der Waals surface area contributed by atoms with Crippen LogP contribution in [0.1, 0.15) is 54.4 Å². The fourth-order valence-electron chi connectivity index (χ4n) is 2.69. The predicted octanol–water partition coefficient (Wildman–Crippen LogP) is 4.64. The lowest BCUT2D eigenvalue weighted by Crippen LogP contribution is -2.27. The standard InChI is InChI=1S/C17H22N2S/c1-3-15(17-18-10-11-20-17)19-16(14-8-9-14)13-6-4-12(2)5-7-13/h4-7,10-11,14-16,19H,3,8-9H2,1-2H3. The summed E-state index contributed by atoms with van der Waals surface area (Å²) in [5, 5.41) is 7.13. The molecule has 1 N–H and O–H groups in total. The van der Waals surface area contributed by atoms with E-state index in [-0.39, 0.29) is 0 Å². The zero-order valence-electron chi connectivity index (χ0n) is 12.2. The fraction of sp³-hybridized carbons (Fsp3) is 0.471. The third-order valence-corrected chi connectivity index (χ3v) is 4.96. The van der Waals surface area contributed by atoms with E-state index in [0.717, 1.165) is 12.3 Å². The number of rotatable bonds is 6. The molecule has 1 heterocycles. The number of hydrogen-bond acceptors (Lipinski definition) is 3. The van der Waals surface area contributed by atoms with E-state index in [1.165, 1.54) is 29.0 Å². The number of aryl methyl sites for hydroxylation is 1. The molecular weight excluding hydrogens is 264 g/mol. The summed E-state index contributed by atoms with van der Waals surface area (Å²) in [6.45, 7) is 4.38. The van der Waals surface area contributed by atoms with Gasteiger partial charge in [0.25, 0.3) is 0 Å². The van der Waals surface area contributed by atoms with Gasteiger partial charge in [0.1, 0.15) is 5.01 Å². The monoisotopic (exact) mass is 286 g/mol. The second-order valence-corrected chi connectivity index (χ2v) is 6.65. The Morgan fingerprint density at radius 3 is 2.60 bits per heavy atom. The first kappa shape index (κ1) is 13.8. The van der Waals surface area contributed by atoms with Crippen LogP contribution in [0.15, 0.2) is 35.8 Å². The van der Waals surface area contributed by atoms with Crippen molar-refractivity contribution >= 4 is 11.3 Å². The van der Waals surface area contributed by atoms with Gasteiger partial charge in [-0.1, -0.05) is 36.8 Å². The molecule has 0 aliphatic heterocycles. The van der Waals surface area contributed by atoms with Gasteiger partial charge in [0.05, 0.1) is 6.04 Å². The van der Waals surface area contributed by atoms with Crippen LogP contribution < -0.4 is 5.32 Å². The summed E-state index contributed by atoms with van der Waals surface area (Å²) in [4.78, 5) is 4.48. The summed E-state index contributed by atoms with van der Waals surface area (Å²) < 4.78 is 0. The second-order valence-electron chi connectivity index (χ2n) is 5.72. The number of benzene rings is 1. The Bertz CT molecular complexity index is 529. The quantitative estimate of drug-likeness (QED) is 0.836. The van der Waals surface area contributed by atoms with Gasteiger partial charge in [-0.2, -0.15) is 0 Å². The van der Waals surface area contributed by atoms with Crippen molar-refractivity contribution in [2.24, 2.45) is 5.92 Å².